The van der Waals surface area contributed by atoms with Gasteiger partial charge in [0.05, 0.1) is 7.11 Å². The van der Waals surface area contributed by atoms with E-state index in [1.807, 2.05) is 6.92 Å². The van der Waals surface area contributed by atoms with Gasteiger partial charge in [-0.15, -0.1) is 0 Å². The fourth-order valence-corrected chi connectivity index (χ4v) is 2.08. The van der Waals surface area contributed by atoms with Crippen LogP contribution in [0.4, 0.5) is 5.95 Å². The molecule has 0 saturated carbocycles. The van der Waals surface area contributed by atoms with Gasteiger partial charge in [-0.3, -0.25) is 19.4 Å². The molecule has 11 heteroatoms. The van der Waals surface area contributed by atoms with Crippen molar-refractivity contribution in [3.63, 3.8) is 0 Å². The molecule has 112 valence electrons. The zero-order valence-corrected chi connectivity index (χ0v) is 12.4. The highest BCUT2D eigenvalue weighted by molar-refractivity contribution is 7.99. The second-order valence-corrected chi connectivity index (χ2v) is 4.69. The van der Waals surface area contributed by atoms with Gasteiger partial charge in [-0.05, 0) is 18.7 Å². The second kappa shape index (κ2) is 6.35. The summed E-state index contributed by atoms with van der Waals surface area (Å²) in [6.45, 7) is 2.53. The Labute approximate surface area is 123 Å². The van der Waals surface area contributed by atoms with Crippen molar-refractivity contribution in [1.82, 2.24) is 29.7 Å². The summed E-state index contributed by atoms with van der Waals surface area (Å²) in [6.07, 6.45) is 0. The smallest absolute Gasteiger partial charge is 0.339 e. The number of anilines is 1. The Morgan fingerprint density at radius 2 is 2.05 bits per heavy atom. The van der Waals surface area contributed by atoms with Gasteiger partial charge in [0.1, 0.15) is 0 Å². The number of methoxy groups -OCH3 is 1. The van der Waals surface area contributed by atoms with E-state index in [-0.39, 0.29) is 16.3 Å². The van der Waals surface area contributed by atoms with E-state index in [9.17, 15) is 9.59 Å². The number of nitrogens with one attached hydrogen (secondary N) is 2. The minimum absolute atomic E-state index is 0.137. The first-order chi connectivity index (χ1) is 10.0. The van der Waals surface area contributed by atoms with Gasteiger partial charge in [0.2, 0.25) is 11.1 Å². The van der Waals surface area contributed by atoms with Gasteiger partial charge in [0.25, 0.3) is 0 Å². The molecule has 0 amide bonds. The maximum Gasteiger partial charge on any atom is 0.339 e. The molecule has 0 bridgehead atoms. The Morgan fingerprint density at radius 3 is 2.71 bits per heavy atom. The molecule has 0 saturated heterocycles. The predicted octanol–water partition coefficient (Wildman–Crippen LogP) is -0.755. The molecule has 0 radical (unpaired) electrons. The molecule has 0 unspecified atom stereocenters. The third-order valence-electron chi connectivity index (χ3n) is 2.24. The van der Waals surface area contributed by atoms with E-state index in [2.05, 4.69) is 30.4 Å². The Morgan fingerprint density at radius 1 is 1.29 bits per heavy atom. The normalized spacial score (nSPS) is 10.4. The molecule has 2 heterocycles. The summed E-state index contributed by atoms with van der Waals surface area (Å²) in [5.74, 6) is 0.348. The molecule has 0 atom stereocenters. The lowest BCUT2D eigenvalue weighted by atomic mass is 10.7. The van der Waals surface area contributed by atoms with E-state index in [4.69, 9.17) is 4.74 Å². The molecule has 2 aromatic rings. The van der Waals surface area contributed by atoms with Gasteiger partial charge in [-0.1, -0.05) is 0 Å². The van der Waals surface area contributed by atoms with E-state index in [1.54, 1.807) is 7.05 Å². The molecule has 0 aliphatic heterocycles. The number of aryl methyl sites for hydroxylation is 1. The molecule has 0 aliphatic rings. The SMILES string of the molecule is CCNc1nc(OC)nc(Sc2nc(=O)c(=O)[nH]n2C)n1. The highest BCUT2D eigenvalue weighted by Crippen LogP contribution is 2.22. The van der Waals surface area contributed by atoms with Crippen LogP contribution in [0.3, 0.4) is 0 Å². The first kappa shape index (κ1) is 15.0. The maximum absolute atomic E-state index is 11.3. The van der Waals surface area contributed by atoms with Crippen LogP contribution in [0.25, 0.3) is 0 Å². The van der Waals surface area contributed by atoms with Crippen LogP contribution in [-0.2, 0) is 7.05 Å². The van der Waals surface area contributed by atoms with Gasteiger partial charge in [0.15, 0.2) is 5.16 Å². The van der Waals surface area contributed by atoms with Crippen LogP contribution in [0.1, 0.15) is 6.92 Å². The molecule has 10 nitrogen and oxygen atoms in total. The molecule has 0 fully saturated rings. The Balaban J connectivity index is 2.39. The summed E-state index contributed by atoms with van der Waals surface area (Å²) in [4.78, 5) is 38.4. The lowest BCUT2D eigenvalue weighted by Gasteiger charge is -2.07. The Kier molecular flexibility index (Phi) is 4.52. The van der Waals surface area contributed by atoms with Gasteiger partial charge in [-0.25, -0.2) is 0 Å². The van der Waals surface area contributed by atoms with Crippen molar-refractivity contribution >= 4 is 17.7 Å². The minimum atomic E-state index is -0.872. The highest BCUT2D eigenvalue weighted by atomic mass is 32.2. The summed E-state index contributed by atoms with van der Waals surface area (Å²) in [7, 11) is 2.99. The third-order valence-corrected chi connectivity index (χ3v) is 3.15. The first-order valence-corrected chi connectivity index (χ1v) is 6.74. The Hall–Kier alpha value is -2.43. The number of H-pyrrole nitrogens is 1. The maximum atomic E-state index is 11.3. The molecular formula is C10H13N7O3S. The summed E-state index contributed by atoms with van der Waals surface area (Å²) in [6, 6.07) is 0.137. The first-order valence-electron chi connectivity index (χ1n) is 5.92. The molecule has 2 N–H and O–H groups in total. The van der Waals surface area contributed by atoms with Crippen LogP contribution in [-0.4, -0.2) is 43.4 Å². The standard InChI is InChI=1S/C10H13N7O3S/c1-4-11-7-13-8(20-3)15-9(14-7)21-10-12-5(18)6(19)16-17(10)2/h4H2,1-3H3,(H,16,19)(H,11,13,14,15). The number of aromatic nitrogens is 6. The van der Waals surface area contributed by atoms with Crippen LogP contribution in [0.15, 0.2) is 19.9 Å². The zero-order valence-electron chi connectivity index (χ0n) is 11.6. The molecular weight excluding hydrogens is 298 g/mol. The van der Waals surface area contributed by atoms with Gasteiger partial charge in [-0.2, -0.15) is 19.9 Å². The van der Waals surface area contributed by atoms with E-state index < -0.39 is 11.1 Å². The van der Waals surface area contributed by atoms with E-state index >= 15 is 0 Å². The van der Waals surface area contributed by atoms with Gasteiger partial charge in [0, 0.05) is 13.6 Å². The van der Waals surface area contributed by atoms with Crippen molar-refractivity contribution < 1.29 is 4.74 Å². The van der Waals surface area contributed by atoms with Crippen LogP contribution >= 0.6 is 11.8 Å². The van der Waals surface area contributed by atoms with Crippen molar-refractivity contribution in [2.45, 2.75) is 17.2 Å². The molecule has 0 aliphatic carbocycles. The predicted molar refractivity (Wildman–Crippen MR) is 74.8 cm³/mol. The average molecular weight is 311 g/mol. The number of aromatic amines is 1. The van der Waals surface area contributed by atoms with Crippen molar-refractivity contribution in [2.24, 2.45) is 7.05 Å². The number of nitrogens with zero attached hydrogens (tertiary/aromatic N) is 5. The number of hydrogen-bond acceptors (Lipinski definition) is 9. The molecule has 2 aromatic heterocycles. The molecule has 2 rings (SSSR count). The Bertz CT molecular complexity index is 757. The van der Waals surface area contributed by atoms with Gasteiger partial charge < -0.3 is 10.1 Å². The lowest BCUT2D eigenvalue weighted by Crippen LogP contribution is -2.33. The topological polar surface area (TPSA) is 128 Å². The van der Waals surface area contributed by atoms with Crippen molar-refractivity contribution in [3.05, 3.63) is 20.7 Å². The fourth-order valence-electron chi connectivity index (χ4n) is 1.35. The van der Waals surface area contributed by atoms with Crippen LogP contribution in [0.5, 0.6) is 6.01 Å². The van der Waals surface area contributed by atoms with Crippen LogP contribution in [0.2, 0.25) is 0 Å². The third kappa shape index (κ3) is 3.56. The number of rotatable bonds is 5. The number of ether oxygens (including phenoxy) is 1. The molecule has 0 spiro atoms. The minimum Gasteiger partial charge on any atom is -0.467 e. The van der Waals surface area contributed by atoms with E-state index in [1.165, 1.54) is 11.8 Å². The fraction of sp³-hybridized carbons (Fsp3) is 0.400. The van der Waals surface area contributed by atoms with Gasteiger partial charge >= 0.3 is 17.1 Å². The van der Waals surface area contributed by atoms with Crippen LogP contribution in [0, 0.1) is 0 Å². The second-order valence-electron chi connectivity index (χ2n) is 3.76. The van der Waals surface area contributed by atoms with E-state index in [0.29, 0.717) is 12.5 Å². The quantitative estimate of drug-likeness (QED) is 0.685. The zero-order chi connectivity index (χ0) is 15.4. The summed E-state index contributed by atoms with van der Waals surface area (Å²) in [5.41, 5.74) is -1.66. The summed E-state index contributed by atoms with van der Waals surface area (Å²) in [5, 5.41) is 5.81. The van der Waals surface area contributed by atoms with Crippen LogP contribution < -0.4 is 21.2 Å². The largest absolute Gasteiger partial charge is 0.467 e. The summed E-state index contributed by atoms with van der Waals surface area (Å²) < 4.78 is 6.31. The molecule has 0 aromatic carbocycles. The molecule has 21 heavy (non-hydrogen) atoms. The number of hydrogen-bond donors (Lipinski definition) is 2. The summed E-state index contributed by atoms with van der Waals surface area (Å²) >= 11 is 1.01. The monoisotopic (exact) mass is 311 g/mol. The lowest BCUT2D eigenvalue weighted by molar-refractivity contribution is 0.373. The van der Waals surface area contributed by atoms with E-state index in [0.717, 1.165) is 11.8 Å². The van der Waals surface area contributed by atoms with Crippen molar-refractivity contribution in [2.75, 3.05) is 19.0 Å². The highest BCUT2D eigenvalue weighted by Gasteiger charge is 2.12. The van der Waals surface area contributed by atoms with Crippen molar-refractivity contribution in [1.29, 1.82) is 0 Å². The van der Waals surface area contributed by atoms with Crippen molar-refractivity contribution in [3.8, 4) is 6.01 Å². The average Bonchev–Trinajstić information content (AvgIpc) is 2.45.